The molecule has 164 valence electrons. The molecule has 1 amide bonds. The Morgan fingerprint density at radius 2 is 1.84 bits per heavy atom. The van der Waals surface area contributed by atoms with Gasteiger partial charge in [0.1, 0.15) is 13.2 Å². The Kier molecular flexibility index (Phi) is 5.81. The van der Waals surface area contributed by atoms with Crippen molar-refractivity contribution in [3.8, 4) is 11.5 Å². The molecule has 0 spiro atoms. The highest BCUT2D eigenvalue weighted by Crippen LogP contribution is 2.44. The SMILES string of the molecule is O=C(NC1CCN(Cc2ccccn2)CC1)C1(c2ccc3c(c2)OCCO3)CCCC1. The lowest BCUT2D eigenvalue weighted by Crippen LogP contribution is -2.50. The number of piperidine rings is 1. The van der Waals surface area contributed by atoms with E-state index in [-0.39, 0.29) is 11.9 Å². The quantitative estimate of drug-likeness (QED) is 0.801. The second-order valence-corrected chi connectivity index (χ2v) is 8.99. The third kappa shape index (κ3) is 4.26. The number of carbonyl (C=O) groups excluding carboxylic acids is 1. The average Bonchev–Trinajstić information content (AvgIpc) is 3.32. The van der Waals surface area contributed by atoms with E-state index < -0.39 is 5.41 Å². The topological polar surface area (TPSA) is 63.7 Å². The average molecular weight is 422 g/mol. The summed E-state index contributed by atoms with van der Waals surface area (Å²) in [6.07, 6.45) is 7.79. The first-order chi connectivity index (χ1) is 15.2. The van der Waals surface area contributed by atoms with Gasteiger partial charge in [0.05, 0.1) is 11.1 Å². The number of hydrogen-bond donors (Lipinski definition) is 1. The van der Waals surface area contributed by atoms with Crippen LogP contribution in [-0.2, 0) is 16.8 Å². The summed E-state index contributed by atoms with van der Waals surface area (Å²) in [5, 5.41) is 3.41. The minimum Gasteiger partial charge on any atom is -0.486 e. The first-order valence-electron chi connectivity index (χ1n) is 11.6. The van der Waals surface area contributed by atoms with Crippen molar-refractivity contribution in [3.63, 3.8) is 0 Å². The van der Waals surface area contributed by atoms with Gasteiger partial charge in [-0.1, -0.05) is 25.0 Å². The number of ether oxygens (including phenoxy) is 2. The van der Waals surface area contributed by atoms with Crippen molar-refractivity contribution in [3.05, 3.63) is 53.9 Å². The summed E-state index contributed by atoms with van der Waals surface area (Å²) in [5.74, 6) is 1.74. The number of carbonyl (C=O) groups is 1. The molecule has 2 aliphatic heterocycles. The summed E-state index contributed by atoms with van der Waals surface area (Å²) >= 11 is 0. The molecule has 6 heteroatoms. The Hall–Kier alpha value is -2.60. The maximum absolute atomic E-state index is 13.6. The number of rotatable bonds is 5. The highest BCUT2D eigenvalue weighted by molar-refractivity contribution is 5.89. The van der Waals surface area contributed by atoms with Gasteiger partial charge < -0.3 is 14.8 Å². The van der Waals surface area contributed by atoms with E-state index in [1.54, 1.807) is 0 Å². The molecule has 1 saturated carbocycles. The molecule has 2 aromatic rings. The maximum Gasteiger partial charge on any atom is 0.230 e. The van der Waals surface area contributed by atoms with Crippen LogP contribution in [0, 0.1) is 0 Å². The number of benzene rings is 1. The zero-order valence-corrected chi connectivity index (χ0v) is 18.0. The van der Waals surface area contributed by atoms with Crippen LogP contribution in [0.3, 0.4) is 0 Å². The monoisotopic (exact) mass is 421 g/mol. The van der Waals surface area contributed by atoms with Crippen LogP contribution in [-0.4, -0.2) is 48.1 Å². The lowest BCUT2D eigenvalue weighted by atomic mass is 9.77. The van der Waals surface area contributed by atoms with Gasteiger partial charge in [0.15, 0.2) is 11.5 Å². The molecule has 1 N–H and O–H groups in total. The summed E-state index contributed by atoms with van der Waals surface area (Å²) in [6, 6.07) is 12.4. The minimum absolute atomic E-state index is 0.185. The Morgan fingerprint density at radius 1 is 1.06 bits per heavy atom. The van der Waals surface area contributed by atoms with E-state index in [4.69, 9.17) is 9.47 Å². The number of likely N-dealkylation sites (tertiary alicyclic amines) is 1. The van der Waals surface area contributed by atoms with Gasteiger partial charge in [0, 0.05) is 31.9 Å². The second-order valence-electron chi connectivity index (χ2n) is 8.99. The lowest BCUT2D eigenvalue weighted by molar-refractivity contribution is -0.127. The van der Waals surface area contributed by atoms with E-state index in [2.05, 4.69) is 27.3 Å². The van der Waals surface area contributed by atoms with E-state index in [0.717, 1.165) is 80.9 Å². The van der Waals surface area contributed by atoms with Crippen molar-refractivity contribution >= 4 is 5.91 Å². The first kappa shape index (κ1) is 20.3. The number of nitrogens with one attached hydrogen (secondary N) is 1. The summed E-state index contributed by atoms with van der Waals surface area (Å²) in [5.41, 5.74) is 1.73. The summed E-state index contributed by atoms with van der Waals surface area (Å²) in [4.78, 5) is 20.4. The van der Waals surface area contributed by atoms with Gasteiger partial charge in [-0.25, -0.2) is 0 Å². The largest absolute Gasteiger partial charge is 0.486 e. The van der Waals surface area contributed by atoms with E-state index in [0.29, 0.717) is 13.2 Å². The molecular weight excluding hydrogens is 390 g/mol. The molecule has 5 rings (SSSR count). The van der Waals surface area contributed by atoms with E-state index in [1.807, 2.05) is 30.5 Å². The fraction of sp³-hybridized carbons (Fsp3) is 0.520. The Balaban J connectivity index is 1.23. The minimum atomic E-state index is -0.444. The molecule has 3 heterocycles. The van der Waals surface area contributed by atoms with E-state index in [1.165, 1.54) is 0 Å². The van der Waals surface area contributed by atoms with Crippen LogP contribution in [0.5, 0.6) is 11.5 Å². The molecule has 1 saturated heterocycles. The molecule has 0 bridgehead atoms. The van der Waals surface area contributed by atoms with E-state index >= 15 is 0 Å². The van der Waals surface area contributed by atoms with Crippen molar-refractivity contribution in [1.29, 1.82) is 0 Å². The van der Waals surface area contributed by atoms with Crippen LogP contribution >= 0.6 is 0 Å². The fourth-order valence-electron chi connectivity index (χ4n) is 5.25. The highest BCUT2D eigenvalue weighted by Gasteiger charge is 2.44. The molecule has 1 aliphatic carbocycles. The number of aromatic nitrogens is 1. The van der Waals surface area contributed by atoms with Crippen molar-refractivity contribution < 1.29 is 14.3 Å². The van der Waals surface area contributed by atoms with Crippen LogP contribution in [0.15, 0.2) is 42.6 Å². The van der Waals surface area contributed by atoms with Crippen LogP contribution in [0.2, 0.25) is 0 Å². The molecule has 6 nitrogen and oxygen atoms in total. The molecule has 2 fully saturated rings. The molecule has 0 radical (unpaired) electrons. The van der Waals surface area contributed by atoms with Gasteiger partial charge in [-0.2, -0.15) is 0 Å². The Morgan fingerprint density at radius 3 is 2.58 bits per heavy atom. The van der Waals surface area contributed by atoms with Gasteiger partial charge in [0.25, 0.3) is 0 Å². The summed E-state index contributed by atoms with van der Waals surface area (Å²) in [6.45, 7) is 3.99. The van der Waals surface area contributed by atoms with Gasteiger partial charge >= 0.3 is 0 Å². The summed E-state index contributed by atoms with van der Waals surface area (Å²) in [7, 11) is 0. The van der Waals surface area contributed by atoms with Crippen LogP contribution in [0.4, 0.5) is 0 Å². The smallest absolute Gasteiger partial charge is 0.230 e. The standard InChI is InChI=1S/C25H31N3O3/c29-24(27-20-8-13-28(14-9-20)18-21-5-1-4-12-26-21)25(10-2-3-11-25)19-6-7-22-23(17-19)31-16-15-30-22/h1,4-7,12,17,20H,2-3,8-11,13-16,18H2,(H,27,29). The number of amides is 1. The summed E-state index contributed by atoms with van der Waals surface area (Å²) < 4.78 is 11.5. The van der Waals surface area contributed by atoms with Gasteiger partial charge in [-0.15, -0.1) is 0 Å². The first-order valence-corrected chi connectivity index (χ1v) is 11.6. The maximum atomic E-state index is 13.6. The fourth-order valence-corrected chi connectivity index (χ4v) is 5.25. The molecule has 31 heavy (non-hydrogen) atoms. The van der Waals surface area contributed by atoms with Gasteiger partial charge in [-0.3, -0.25) is 14.7 Å². The molecule has 3 aliphatic rings. The predicted molar refractivity (Wildman–Crippen MR) is 118 cm³/mol. The third-order valence-corrected chi connectivity index (χ3v) is 7.02. The van der Waals surface area contributed by atoms with Crippen molar-refractivity contribution in [2.45, 2.75) is 56.5 Å². The number of nitrogens with zero attached hydrogens (tertiary/aromatic N) is 2. The number of pyridine rings is 1. The van der Waals surface area contributed by atoms with E-state index in [9.17, 15) is 4.79 Å². The second kappa shape index (κ2) is 8.87. The number of fused-ring (bicyclic) bond motifs is 1. The molecular formula is C25H31N3O3. The number of hydrogen-bond acceptors (Lipinski definition) is 5. The Bertz CT molecular complexity index is 903. The highest BCUT2D eigenvalue weighted by atomic mass is 16.6. The van der Waals surface area contributed by atoms with Crippen LogP contribution in [0.1, 0.15) is 49.8 Å². The van der Waals surface area contributed by atoms with Gasteiger partial charge in [0.2, 0.25) is 5.91 Å². The predicted octanol–water partition coefficient (Wildman–Crippen LogP) is 3.45. The van der Waals surface area contributed by atoms with Gasteiger partial charge in [-0.05, 0) is 55.5 Å². The van der Waals surface area contributed by atoms with Crippen molar-refractivity contribution in [2.24, 2.45) is 0 Å². The molecule has 1 aromatic heterocycles. The molecule has 0 atom stereocenters. The third-order valence-electron chi connectivity index (χ3n) is 7.02. The van der Waals surface area contributed by atoms with Crippen molar-refractivity contribution in [2.75, 3.05) is 26.3 Å². The normalized spacial score (nSPS) is 21.0. The van der Waals surface area contributed by atoms with Crippen molar-refractivity contribution in [1.82, 2.24) is 15.2 Å². The van der Waals surface area contributed by atoms with Crippen LogP contribution < -0.4 is 14.8 Å². The molecule has 0 unspecified atom stereocenters. The molecule has 1 aromatic carbocycles. The zero-order chi connectivity index (χ0) is 21.1. The lowest BCUT2D eigenvalue weighted by Gasteiger charge is -2.35. The zero-order valence-electron chi connectivity index (χ0n) is 18.0. The Labute approximate surface area is 183 Å². The van der Waals surface area contributed by atoms with Crippen LogP contribution in [0.25, 0.3) is 0 Å².